The van der Waals surface area contributed by atoms with Crippen LogP contribution in [0.3, 0.4) is 0 Å². The number of anilines is 2. The molecule has 2 heterocycles. The van der Waals surface area contributed by atoms with Gasteiger partial charge in [-0.2, -0.15) is 18.2 Å². The van der Waals surface area contributed by atoms with Crippen molar-refractivity contribution in [2.24, 2.45) is 0 Å². The Balaban J connectivity index is 1.97. The number of hydrogen-bond acceptors (Lipinski definition) is 5. The Bertz CT molecular complexity index is 936. The van der Waals surface area contributed by atoms with Crippen LogP contribution in [0.5, 0.6) is 0 Å². The molecule has 118 valence electrons. The minimum atomic E-state index is -4.44. The monoisotopic (exact) mass is 321 g/mol. The highest BCUT2D eigenvalue weighted by Crippen LogP contribution is 2.31. The molecule has 0 aliphatic rings. The van der Waals surface area contributed by atoms with Crippen LogP contribution in [0.25, 0.3) is 5.78 Å². The topological polar surface area (TPSA) is 72.2 Å². The summed E-state index contributed by atoms with van der Waals surface area (Å²) in [6, 6.07) is 5.98. The van der Waals surface area contributed by atoms with E-state index in [2.05, 4.69) is 20.3 Å². The number of fused-ring (bicyclic) bond motifs is 1. The quantitative estimate of drug-likeness (QED) is 0.785. The van der Waals surface area contributed by atoms with Gasteiger partial charge in [0.25, 0.3) is 5.56 Å². The smallest absolute Gasteiger partial charge is 0.324 e. The van der Waals surface area contributed by atoms with Crippen molar-refractivity contribution in [1.29, 1.82) is 0 Å². The van der Waals surface area contributed by atoms with Crippen LogP contribution in [0, 0.1) is 6.92 Å². The van der Waals surface area contributed by atoms with Crippen molar-refractivity contribution in [3.8, 4) is 0 Å². The third kappa shape index (κ3) is 3.12. The molecule has 3 aromatic rings. The van der Waals surface area contributed by atoms with Gasteiger partial charge >= 0.3 is 6.18 Å². The van der Waals surface area contributed by atoms with Crippen LogP contribution in [0.1, 0.15) is 11.3 Å². The van der Waals surface area contributed by atoms with E-state index in [9.17, 15) is 18.0 Å². The molecule has 1 N–H and O–H groups in total. The molecule has 6 nitrogen and oxygen atoms in total. The van der Waals surface area contributed by atoms with Gasteiger partial charge in [0.05, 0.1) is 5.56 Å². The summed E-state index contributed by atoms with van der Waals surface area (Å²) in [5.74, 6) is 0.154. The van der Waals surface area contributed by atoms with Gasteiger partial charge in [-0.15, -0.1) is 0 Å². The molecule has 0 amide bonds. The van der Waals surface area contributed by atoms with E-state index in [1.807, 2.05) is 0 Å². The fraction of sp³-hybridized carbons (Fsp3) is 0.143. The van der Waals surface area contributed by atoms with E-state index < -0.39 is 11.7 Å². The van der Waals surface area contributed by atoms with Crippen molar-refractivity contribution in [3.05, 3.63) is 58.3 Å². The first-order valence-electron chi connectivity index (χ1n) is 6.50. The fourth-order valence-corrected chi connectivity index (χ4v) is 1.98. The number of halogens is 3. The van der Waals surface area contributed by atoms with Gasteiger partial charge in [-0.25, -0.2) is 14.4 Å². The Labute approximate surface area is 127 Å². The number of rotatable bonds is 2. The molecule has 0 aliphatic carbocycles. The SMILES string of the molecule is Cc1cc(=O)n2cnc(Nc3cccc(C(F)(F)F)c3)nc2n1. The lowest BCUT2D eigenvalue weighted by molar-refractivity contribution is -0.137. The first-order valence-corrected chi connectivity index (χ1v) is 6.50. The minimum absolute atomic E-state index is 0.0434. The van der Waals surface area contributed by atoms with Gasteiger partial charge in [0.2, 0.25) is 11.7 Å². The Morgan fingerprint density at radius 2 is 1.96 bits per heavy atom. The molecule has 0 saturated heterocycles. The maximum Gasteiger partial charge on any atom is 0.416 e. The molecular weight excluding hydrogens is 311 g/mol. The zero-order valence-electron chi connectivity index (χ0n) is 11.8. The van der Waals surface area contributed by atoms with Gasteiger partial charge in [-0.3, -0.25) is 4.79 Å². The van der Waals surface area contributed by atoms with Gasteiger partial charge in [-0.05, 0) is 25.1 Å². The summed E-state index contributed by atoms with van der Waals surface area (Å²) in [6.07, 6.45) is -3.22. The zero-order chi connectivity index (χ0) is 16.6. The Morgan fingerprint density at radius 1 is 1.17 bits per heavy atom. The van der Waals surface area contributed by atoms with E-state index in [0.29, 0.717) is 5.69 Å². The maximum atomic E-state index is 12.7. The molecule has 0 spiro atoms. The number of nitrogens with one attached hydrogen (secondary N) is 1. The molecule has 2 aromatic heterocycles. The van der Waals surface area contributed by atoms with E-state index in [4.69, 9.17) is 0 Å². The van der Waals surface area contributed by atoms with Gasteiger partial charge in [0, 0.05) is 17.4 Å². The average molecular weight is 321 g/mol. The van der Waals surface area contributed by atoms with Crippen LogP contribution in [-0.4, -0.2) is 19.4 Å². The molecular formula is C14H10F3N5O. The second-order valence-corrected chi connectivity index (χ2v) is 4.79. The molecule has 0 fully saturated rings. The third-order valence-corrected chi connectivity index (χ3v) is 3.01. The van der Waals surface area contributed by atoms with E-state index in [-0.39, 0.29) is 23.0 Å². The van der Waals surface area contributed by atoms with E-state index in [0.717, 1.165) is 16.5 Å². The minimum Gasteiger partial charge on any atom is -0.324 e. The van der Waals surface area contributed by atoms with Crippen molar-refractivity contribution in [3.63, 3.8) is 0 Å². The molecule has 0 bridgehead atoms. The number of aromatic nitrogens is 4. The highest BCUT2D eigenvalue weighted by Gasteiger charge is 2.30. The number of alkyl halides is 3. The zero-order valence-corrected chi connectivity index (χ0v) is 11.8. The maximum absolute atomic E-state index is 12.7. The highest BCUT2D eigenvalue weighted by molar-refractivity contribution is 5.55. The Morgan fingerprint density at radius 3 is 2.70 bits per heavy atom. The number of benzene rings is 1. The highest BCUT2D eigenvalue weighted by atomic mass is 19.4. The molecule has 3 rings (SSSR count). The summed E-state index contributed by atoms with van der Waals surface area (Å²) < 4.78 is 39.2. The fourth-order valence-electron chi connectivity index (χ4n) is 1.98. The number of aryl methyl sites for hydroxylation is 1. The van der Waals surface area contributed by atoms with Crippen molar-refractivity contribution in [2.75, 3.05) is 5.32 Å². The Hall–Kier alpha value is -2.97. The molecule has 9 heteroatoms. The number of nitrogens with zero attached hydrogens (tertiary/aromatic N) is 4. The molecule has 1 aromatic carbocycles. The predicted octanol–water partition coefficient (Wildman–Crippen LogP) is 2.56. The standard InChI is InChI=1S/C14H10F3N5O/c1-8-5-11(23)22-7-18-12(21-13(22)19-8)20-10-4-2-3-9(6-10)14(15,16)17/h2-7H,1H3,(H,19,20,21). The summed E-state index contributed by atoms with van der Waals surface area (Å²) in [5, 5.41) is 2.67. The van der Waals surface area contributed by atoms with E-state index in [1.165, 1.54) is 24.5 Å². The molecule has 0 radical (unpaired) electrons. The lowest BCUT2D eigenvalue weighted by atomic mass is 10.2. The molecule has 0 saturated carbocycles. The van der Waals surface area contributed by atoms with Crippen LogP contribution < -0.4 is 10.9 Å². The second-order valence-electron chi connectivity index (χ2n) is 4.79. The molecule has 23 heavy (non-hydrogen) atoms. The van der Waals surface area contributed by atoms with Gasteiger partial charge < -0.3 is 5.32 Å². The summed E-state index contributed by atoms with van der Waals surface area (Å²) in [4.78, 5) is 23.7. The van der Waals surface area contributed by atoms with Crippen LogP contribution in [0.2, 0.25) is 0 Å². The van der Waals surface area contributed by atoms with Crippen LogP contribution >= 0.6 is 0 Å². The molecule has 0 atom stereocenters. The van der Waals surface area contributed by atoms with Crippen LogP contribution in [-0.2, 0) is 6.18 Å². The average Bonchev–Trinajstić information content (AvgIpc) is 2.46. The van der Waals surface area contributed by atoms with Crippen molar-refractivity contribution in [2.45, 2.75) is 13.1 Å². The normalized spacial score (nSPS) is 11.7. The summed E-state index contributed by atoms with van der Waals surface area (Å²) in [6.45, 7) is 1.64. The van der Waals surface area contributed by atoms with Gasteiger partial charge in [0.15, 0.2) is 0 Å². The lowest BCUT2D eigenvalue weighted by Crippen LogP contribution is -2.17. The predicted molar refractivity (Wildman–Crippen MR) is 76.5 cm³/mol. The van der Waals surface area contributed by atoms with Crippen LogP contribution in [0.15, 0.2) is 41.5 Å². The first kappa shape index (κ1) is 14.9. The van der Waals surface area contributed by atoms with Gasteiger partial charge in [-0.1, -0.05) is 6.07 Å². The van der Waals surface area contributed by atoms with Gasteiger partial charge in [0.1, 0.15) is 6.33 Å². The Kier molecular flexibility index (Phi) is 3.47. The lowest BCUT2D eigenvalue weighted by Gasteiger charge is -2.10. The summed E-state index contributed by atoms with van der Waals surface area (Å²) in [5.41, 5.74) is -0.454. The summed E-state index contributed by atoms with van der Waals surface area (Å²) >= 11 is 0. The second kappa shape index (κ2) is 5.34. The van der Waals surface area contributed by atoms with Crippen LogP contribution in [0.4, 0.5) is 24.8 Å². The van der Waals surface area contributed by atoms with Crippen molar-refractivity contribution in [1.82, 2.24) is 19.4 Å². The number of hydrogen-bond donors (Lipinski definition) is 1. The van der Waals surface area contributed by atoms with E-state index in [1.54, 1.807) is 6.92 Å². The van der Waals surface area contributed by atoms with Crippen molar-refractivity contribution < 1.29 is 13.2 Å². The largest absolute Gasteiger partial charge is 0.416 e. The van der Waals surface area contributed by atoms with E-state index >= 15 is 0 Å². The first-order chi connectivity index (χ1) is 10.8. The third-order valence-electron chi connectivity index (χ3n) is 3.01. The molecule has 0 unspecified atom stereocenters. The summed E-state index contributed by atoms with van der Waals surface area (Å²) in [7, 11) is 0. The van der Waals surface area contributed by atoms with Crippen molar-refractivity contribution >= 4 is 17.4 Å². The molecule has 0 aliphatic heterocycles.